The van der Waals surface area contributed by atoms with Gasteiger partial charge in [-0.25, -0.2) is 0 Å². The molecule has 106 valence electrons. The van der Waals surface area contributed by atoms with Gasteiger partial charge in [0.2, 0.25) is 0 Å². The number of hydrogen-bond acceptors (Lipinski definition) is 3. The van der Waals surface area contributed by atoms with Crippen molar-refractivity contribution in [3.8, 4) is 0 Å². The van der Waals surface area contributed by atoms with Crippen molar-refractivity contribution >= 4 is 17.5 Å². The van der Waals surface area contributed by atoms with Crippen molar-refractivity contribution in [1.29, 1.82) is 0 Å². The largest absolute Gasteiger partial charge is 0.359 e. The molecule has 2 rings (SSSR count). The molecule has 1 aromatic carbocycles. The number of hydrogen-bond donors (Lipinski definition) is 1. The van der Waals surface area contributed by atoms with E-state index >= 15 is 0 Å². The van der Waals surface area contributed by atoms with Gasteiger partial charge in [0.1, 0.15) is 0 Å². The van der Waals surface area contributed by atoms with Crippen LogP contribution in [0.1, 0.15) is 40.7 Å². The summed E-state index contributed by atoms with van der Waals surface area (Å²) in [5.41, 5.74) is 2.55. The lowest BCUT2D eigenvalue weighted by atomic mass is 10.1. The summed E-state index contributed by atoms with van der Waals surface area (Å²) >= 11 is 5.63. The number of nitrogens with one attached hydrogen (secondary N) is 1. The van der Waals surface area contributed by atoms with E-state index < -0.39 is 0 Å². The molecule has 1 amide bonds. The zero-order valence-corrected chi connectivity index (χ0v) is 12.1. The number of aryl methyl sites for hydroxylation is 1. The first kappa shape index (κ1) is 14.6. The average Bonchev–Trinajstić information content (AvgIpc) is 2.94. The third-order valence-electron chi connectivity index (χ3n) is 2.92. The van der Waals surface area contributed by atoms with Crippen LogP contribution in [0.4, 0.5) is 0 Å². The summed E-state index contributed by atoms with van der Waals surface area (Å²) in [7, 11) is 0. The first-order valence-electron chi connectivity index (χ1n) is 6.60. The molecular formula is C15H17ClN2O2. The molecule has 0 saturated carbocycles. The molecule has 0 aliphatic rings. The fraction of sp³-hybridized carbons (Fsp3) is 0.333. The number of alkyl halides is 1. The minimum Gasteiger partial charge on any atom is -0.359 e. The van der Waals surface area contributed by atoms with Gasteiger partial charge in [-0.3, -0.25) is 4.79 Å². The molecule has 0 radical (unpaired) electrons. The summed E-state index contributed by atoms with van der Waals surface area (Å²) in [6.45, 7) is 2.44. The van der Waals surface area contributed by atoms with E-state index in [2.05, 4.69) is 17.4 Å². The maximum atomic E-state index is 12.0. The number of carbonyl (C=O) groups excluding carboxylic acids is 1. The molecule has 0 bridgehead atoms. The highest BCUT2D eigenvalue weighted by Crippen LogP contribution is 2.08. The number of carbonyl (C=O) groups is 1. The summed E-state index contributed by atoms with van der Waals surface area (Å²) in [5.74, 6) is 0.768. The Kier molecular flexibility index (Phi) is 5.18. The van der Waals surface area contributed by atoms with E-state index in [9.17, 15) is 4.79 Å². The fourth-order valence-corrected chi connectivity index (χ4v) is 2.01. The molecule has 0 atom stereocenters. The van der Waals surface area contributed by atoms with Crippen LogP contribution in [0.25, 0.3) is 0 Å². The Morgan fingerprint density at radius 1 is 1.35 bits per heavy atom. The molecule has 1 N–H and O–H groups in total. The highest BCUT2D eigenvalue weighted by Gasteiger charge is 2.08. The van der Waals surface area contributed by atoms with Crippen molar-refractivity contribution in [2.24, 2.45) is 0 Å². The number of amides is 1. The van der Waals surface area contributed by atoms with Gasteiger partial charge in [0.05, 0.1) is 18.1 Å². The Hall–Kier alpha value is -1.81. The highest BCUT2D eigenvalue weighted by atomic mass is 35.5. The molecule has 1 aromatic heterocycles. The SMILES string of the molecule is CCCc1ccc(C(=O)NCc2cc(CCl)no2)cc1. The number of nitrogens with zero attached hydrogens (tertiary/aromatic N) is 1. The van der Waals surface area contributed by atoms with Crippen molar-refractivity contribution in [2.75, 3.05) is 0 Å². The third-order valence-corrected chi connectivity index (χ3v) is 3.20. The van der Waals surface area contributed by atoms with Crippen LogP contribution in [0, 0.1) is 0 Å². The molecular weight excluding hydrogens is 276 g/mol. The predicted octanol–water partition coefficient (Wildman–Crippen LogP) is 3.30. The monoisotopic (exact) mass is 292 g/mol. The van der Waals surface area contributed by atoms with E-state index in [0.29, 0.717) is 29.4 Å². The summed E-state index contributed by atoms with van der Waals surface area (Å²) in [6.07, 6.45) is 2.13. The Morgan fingerprint density at radius 3 is 2.70 bits per heavy atom. The highest BCUT2D eigenvalue weighted by molar-refractivity contribution is 6.16. The Balaban J connectivity index is 1.90. The maximum Gasteiger partial charge on any atom is 0.251 e. The van der Waals surface area contributed by atoms with E-state index in [4.69, 9.17) is 16.1 Å². The first-order chi connectivity index (χ1) is 9.72. The predicted molar refractivity (Wildman–Crippen MR) is 77.7 cm³/mol. The molecule has 0 fully saturated rings. The second-order valence-corrected chi connectivity index (χ2v) is 4.82. The van der Waals surface area contributed by atoms with Gasteiger partial charge in [-0.15, -0.1) is 11.6 Å². The van der Waals surface area contributed by atoms with E-state index in [-0.39, 0.29) is 5.91 Å². The van der Waals surface area contributed by atoms with Gasteiger partial charge in [0, 0.05) is 11.6 Å². The normalized spacial score (nSPS) is 10.5. The number of aromatic nitrogens is 1. The van der Waals surface area contributed by atoms with E-state index in [1.54, 1.807) is 6.07 Å². The molecule has 1 heterocycles. The van der Waals surface area contributed by atoms with Gasteiger partial charge in [-0.1, -0.05) is 30.6 Å². The fourth-order valence-electron chi connectivity index (χ4n) is 1.88. The summed E-state index contributed by atoms with van der Waals surface area (Å²) in [5, 5.41) is 6.55. The smallest absolute Gasteiger partial charge is 0.251 e. The van der Waals surface area contributed by atoms with Gasteiger partial charge in [-0.05, 0) is 24.1 Å². The summed E-state index contributed by atoms with van der Waals surface area (Å²) in [4.78, 5) is 12.0. The van der Waals surface area contributed by atoms with E-state index in [1.165, 1.54) is 5.56 Å². The van der Waals surface area contributed by atoms with Crippen LogP contribution in [0.15, 0.2) is 34.9 Å². The lowest BCUT2D eigenvalue weighted by Crippen LogP contribution is -2.22. The number of halogens is 1. The topological polar surface area (TPSA) is 55.1 Å². The van der Waals surface area contributed by atoms with Gasteiger partial charge in [0.15, 0.2) is 5.76 Å². The summed E-state index contributed by atoms with van der Waals surface area (Å²) in [6, 6.07) is 9.38. The van der Waals surface area contributed by atoms with Gasteiger partial charge < -0.3 is 9.84 Å². The molecule has 0 aliphatic carbocycles. The van der Waals surface area contributed by atoms with Crippen molar-refractivity contribution in [3.05, 3.63) is 52.9 Å². The van der Waals surface area contributed by atoms with E-state index in [1.807, 2.05) is 24.3 Å². The van der Waals surface area contributed by atoms with Crippen molar-refractivity contribution in [1.82, 2.24) is 10.5 Å². The molecule has 0 unspecified atom stereocenters. The molecule has 20 heavy (non-hydrogen) atoms. The van der Waals surface area contributed by atoms with Crippen LogP contribution < -0.4 is 5.32 Å². The van der Waals surface area contributed by atoms with E-state index in [0.717, 1.165) is 12.8 Å². The number of benzene rings is 1. The number of rotatable bonds is 6. The molecule has 0 spiro atoms. The molecule has 4 nitrogen and oxygen atoms in total. The zero-order chi connectivity index (χ0) is 14.4. The van der Waals surface area contributed by atoms with Crippen molar-refractivity contribution in [2.45, 2.75) is 32.2 Å². The Bertz CT molecular complexity index is 564. The van der Waals surface area contributed by atoms with Crippen molar-refractivity contribution < 1.29 is 9.32 Å². The second-order valence-electron chi connectivity index (χ2n) is 4.55. The third kappa shape index (κ3) is 3.84. The van der Waals surface area contributed by atoms with Gasteiger partial charge in [0.25, 0.3) is 5.91 Å². The summed E-state index contributed by atoms with van der Waals surface area (Å²) < 4.78 is 5.04. The lowest BCUT2D eigenvalue weighted by Gasteiger charge is -2.04. The second kappa shape index (κ2) is 7.10. The molecule has 2 aromatic rings. The minimum absolute atomic E-state index is 0.128. The van der Waals surface area contributed by atoms with Gasteiger partial charge >= 0.3 is 0 Å². The maximum absolute atomic E-state index is 12.0. The quantitative estimate of drug-likeness (QED) is 0.831. The molecule has 0 saturated heterocycles. The lowest BCUT2D eigenvalue weighted by molar-refractivity contribution is 0.0947. The standard InChI is InChI=1S/C15H17ClN2O2/c1-2-3-11-4-6-12(7-5-11)15(19)17-10-14-8-13(9-16)18-20-14/h4-8H,2-3,9-10H2,1H3,(H,17,19). The molecule has 5 heteroatoms. The van der Waals surface area contributed by atoms with Crippen LogP contribution in [0.3, 0.4) is 0 Å². The van der Waals surface area contributed by atoms with Crippen LogP contribution in [0.5, 0.6) is 0 Å². The van der Waals surface area contributed by atoms with Gasteiger partial charge in [-0.2, -0.15) is 0 Å². The first-order valence-corrected chi connectivity index (χ1v) is 7.14. The van der Waals surface area contributed by atoms with Crippen LogP contribution in [-0.2, 0) is 18.8 Å². The van der Waals surface area contributed by atoms with Crippen molar-refractivity contribution in [3.63, 3.8) is 0 Å². The molecule has 0 aliphatic heterocycles. The zero-order valence-electron chi connectivity index (χ0n) is 11.4. The minimum atomic E-state index is -0.128. The van der Waals surface area contributed by atoms with Crippen LogP contribution >= 0.6 is 11.6 Å². The Labute approximate surface area is 123 Å². The van der Waals surface area contributed by atoms with Crippen LogP contribution in [-0.4, -0.2) is 11.1 Å². The Morgan fingerprint density at radius 2 is 2.10 bits per heavy atom. The van der Waals surface area contributed by atoms with Crippen LogP contribution in [0.2, 0.25) is 0 Å². The average molecular weight is 293 g/mol.